The fourth-order valence-corrected chi connectivity index (χ4v) is 3.77. The fraction of sp³-hybridized carbons (Fsp3) is 0.269. The average Bonchev–Trinajstić information content (AvgIpc) is 2.75. The fourth-order valence-electron chi connectivity index (χ4n) is 3.77. The Labute approximate surface area is 184 Å². The van der Waals surface area contributed by atoms with Gasteiger partial charge in [-0.3, -0.25) is 0 Å². The van der Waals surface area contributed by atoms with Crippen LogP contribution in [0.4, 0.5) is 21.5 Å². The summed E-state index contributed by atoms with van der Waals surface area (Å²) in [6.07, 6.45) is 0. The number of nitriles is 1. The molecular weight excluding hydrogens is 387 g/mol. The number of halogens is 1. The van der Waals surface area contributed by atoms with E-state index in [4.69, 9.17) is 0 Å². The number of anilines is 3. The summed E-state index contributed by atoms with van der Waals surface area (Å²) in [6.45, 7) is 0. The molecule has 0 saturated carbocycles. The van der Waals surface area contributed by atoms with E-state index in [0.29, 0.717) is 11.3 Å². The molecule has 0 aliphatic rings. The lowest BCUT2D eigenvalue weighted by Crippen LogP contribution is -2.14. The summed E-state index contributed by atoms with van der Waals surface area (Å²) in [7, 11) is 11.6. The zero-order valence-corrected chi connectivity index (χ0v) is 19.0. The molecule has 0 atom stereocenters. The average molecular weight is 417 g/mol. The van der Waals surface area contributed by atoms with Crippen molar-refractivity contribution in [1.29, 1.82) is 5.26 Å². The van der Waals surface area contributed by atoms with Crippen LogP contribution < -0.4 is 14.7 Å². The van der Waals surface area contributed by atoms with Gasteiger partial charge in [0.25, 0.3) is 0 Å². The van der Waals surface area contributed by atoms with E-state index in [1.54, 1.807) is 11.0 Å². The van der Waals surface area contributed by atoms with Gasteiger partial charge in [0.1, 0.15) is 17.4 Å². The molecular formula is C26H29FN4. The first-order valence-corrected chi connectivity index (χ1v) is 10.2. The van der Waals surface area contributed by atoms with Crippen LogP contribution in [0.5, 0.6) is 0 Å². The number of hydrogen-bond acceptors (Lipinski definition) is 4. The van der Waals surface area contributed by atoms with E-state index in [9.17, 15) is 5.26 Å². The van der Waals surface area contributed by atoms with Crippen molar-refractivity contribution in [3.8, 4) is 6.07 Å². The first-order valence-electron chi connectivity index (χ1n) is 10.2. The lowest BCUT2D eigenvalue weighted by Gasteiger charge is -2.24. The van der Waals surface area contributed by atoms with E-state index < -0.39 is 5.82 Å². The van der Waals surface area contributed by atoms with Crippen molar-refractivity contribution >= 4 is 17.1 Å². The highest BCUT2D eigenvalue weighted by Crippen LogP contribution is 2.37. The van der Waals surface area contributed by atoms with E-state index >= 15 is 4.39 Å². The predicted octanol–water partition coefficient (Wildman–Crippen LogP) is 5.08. The topological polar surface area (TPSA) is 33.5 Å². The molecule has 160 valence electrons. The van der Waals surface area contributed by atoms with Crippen molar-refractivity contribution in [1.82, 2.24) is 0 Å². The second kappa shape index (κ2) is 9.09. The molecule has 0 unspecified atom stereocenters. The molecule has 4 nitrogen and oxygen atoms in total. The van der Waals surface area contributed by atoms with E-state index in [2.05, 4.69) is 6.07 Å². The molecule has 0 N–H and O–H groups in total. The maximum atomic E-state index is 15.7. The largest absolute Gasteiger partial charge is 0.378 e. The minimum absolute atomic E-state index is 0.0716. The molecule has 0 aliphatic carbocycles. The van der Waals surface area contributed by atoms with Crippen molar-refractivity contribution < 1.29 is 4.39 Å². The van der Waals surface area contributed by atoms with E-state index in [1.807, 2.05) is 107 Å². The van der Waals surface area contributed by atoms with Crippen molar-refractivity contribution in [2.24, 2.45) is 0 Å². The molecule has 0 fully saturated rings. The quantitative estimate of drug-likeness (QED) is 0.525. The van der Waals surface area contributed by atoms with Crippen molar-refractivity contribution in [3.05, 3.63) is 88.7 Å². The number of hydrogen-bond donors (Lipinski definition) is 0. The standard InChI is InChI=1S/C26H29FN4/c1-29(2)20-11-7-18(8-12-20)25(19-9-13-21(14-10-19)30(3)4)22-15-16-24(31(5)6)23(17-28)26(22)27/h7-16,25H,1-6H3. The molecule has 0 aromatic heterocycles. The van der Waals surface area contributed by atoms with Crippen molar-refractivity contribution in [2.45, 2.75) is 5.92 Å². The van der Waals surface area contributed by atoms with E-state index in [1.165, 1.54) is 0 Å². The summed E-state index contributed by atoms with van der Waals surface area (Å²) in [4.78, 5) is 5.83. The highest BCUT2D eigenvalue weighted by Gasteiger charge is 2.24. The van der Waals surface area contributed by atoms with Gasteiger partial charge in [0.15, 0.2) is 0 Å². The Morgan fingerprint density at radius 1 is 0.677 bits per heavy atom. The molecule has 3 aromatic carbocycles. The van der Waals surface area contributed by atoms with Crippen LogP contribution in [0.25, 0.3) is 0 Å². The zero-order valence-electron chi connectivity index (χ0n) is 19.0. The van der Waals surface area contributed by atoms with Crippen LogP contribution in [-0.2, 0) is 0 Å². The molecule has 0 aliphatic heterocycles. The number of rotatable bonds is 6. The van der Waals surface area contributed by atoms with Crippen LogP contribution in [0, 0.1) is 17.1 Å². The van der Waals surface area contributed by atoms with Crippen LogP contribution in [0.15, 0.2) is 60.7 Å². The van der Waals surface area contributed by atoms with Gasteiger partial charge in [0.2, 0.25) is 0 Å². The van der Waals surface area contributed by atoms with Crippen molar-refractivity contribution in [2.75, 3.05) is 57.0 Å². The molecule has 3 aromatic rings. The predicted molar refractivity (Wildman–Crippen MR) is 128 cm³/mol. The molecule has 5 heteroatoms. The van der Waals surface area contributed by atoms with E-state index in [-0.39, 0.29) is 11.5 Å². The van der Waals surface area contributed by atoms with Gasteiger partial charge < -0.3 is 14.7 Å². The molecule has 0 amide bonds. The maximum Gasteiger partial charge on any atom is 0.147 e. The molecule has 31 heavy (non-hydrogen) atoms. The van der Waals surface area contributed by atoms with Gasteiger partial charge in [-0.25, -0.2) is 4.39 Å². The highest BCUT2D eigenvalue weighted by atomic mass is 19.1. The Balaban J connectivity index is 2.20. The summed E-state index contributed by atoms with van der Waals surface area (Å²) in [5, 5.41) is 9.66. The van der Waals surface area contributed by atoms with Crippen LogP contribution in [-0.4, -0.2) is 42.3 Å². The lowest BCUT2D eigenvalue weighted by molar-refractivity contribution is 0.603. The Kier molecular flexibility index (Phi) is 6.50. The molecule has 0 bridgehead atoms. The smallest absolute Gasteiger partial charge is 0.147 e. The number of benzene rings is 3. The molecule has 0 saturated heterocycles. The minimum Gasteiger partial charge on any atom is -0.378 e. The second-order valence-corrected chi connectivity index (χ2v) is 8.27. The van der Waals surface area contributed by atoms with Crippen LogP contribution in [0.3, 0.4) is 0 Å². The molecule has 0 radical (unpaired) electrons. The van der Waals surface area contributed by atoms with Crippen LogP contribution in [0.2, 0.25) is 0 Å². The molecule has 0 spiro atoms. The Morgan fingerprint density at radius 2 is 1.13 bits per heavy atom. The van der Waals surface area contributed by atoms with Gasteiger partial charge in [-0.15, -0.1) is 0 Å². The third-order valence-electron chi connectivity index (χ3n) is 5.54. The SMILES string of the molecule is CN(C)c1ccc(C(c2ccc(N(C)C)cc2)c2ccc(N(C)C)c(C#N)c2F)cc1. The third kappa shape index (κ3) is 4.49. The Hall–Kier alpha value is -3.52. The van der Waals surface area contributed by atoms with Gasteiger partial charge in [0.05, 0.1) is 5.69 Å². The van der Waals surface area contributed by atoms with Crippen LogP contribution >= 0.6 is 0 Å². The number of nitrogens with zero attached hydrogens (tertiary/aromatic N) is 4. The summed E-state index contributed by atoms with van der Waals surface area (Å²) in [6, 6.07) is 22.0. The second-order valence-electron chi connectivity index (χ2n) is 8.27. The lowest BCUT2D eigenvalue weighted by atomic mass is 9.83. The van der Waals surface area contributed by atoms with Gasteiger partial charge in [0, 0.05) is 65.1 Å². The zero-order chi connectivity index (χ0) is 22.7. The molecule has 0 heterocycles. The highest BCUT2D eigenvalue weighted by molar-refractivity contribution is 5.63. The van der Waals surface area contributed by atoms with E-state index in [0.717, 1.165) is 22.5 Å². The Bertz CT molecular complexity index is 1030. The third-order valence-corrected chi connectivity index (χ3v) is 5.54. The van der Waals surface area contributed by atoms with Crippen LogP contribution in [0.1, 0.15) is 28.2 Å². The van der Waals surface area contributed by atoms with Gasteiger partial charge in [-0.1, -0.05) is 30.3 Å². The van der Waals surface area contributed by atoms with Gasteiger partial charge in [-0.2, -0.15) is 5.26 Å². The summed E-state index contributed by atoms with van der Waals surface area (Å²) < 4.78 is 15.7. The van der Waals surface area contributed by atoms with Crippen molar-refractivity contribution in [3.63, 3.8) is 0 Å². The monoisotopic (exact) mass is 416 g/mol. The minimum atomic E-state index is -0.466. The summed E-state index contributed by atoms with van der Waals surface area (Å²) in [5.74, 6) is -0.789. The van der Waals surface area contributed by atoms with Gasteiger partial charge >= 0.3 is 0 Å². The Morgan fingerprint density at radius 3 is 1.48 bits per heavy atom. The summed E-state index contributed by atoms with van der Waals surface area (Å²) >= 11 is 0. The first-order chi connectivity index (χ1) is 14.7. The first kappa shape index (κ1) is 22.2. The maximum absolute atomic E-state index is 15.7. The molecule has 3 rings (SSSR count). The van der Waals surface area contributed by atoms with Gasteiger partial charge in [-0.05, 0) is 41.5 Å². The normalized spacial score (nSPS) is 10.7. The summed E-state index contributed by atoms with van der Waals surface area (Å²) in [5.41, 5.74) is 5.25.